The molecule has 0 radical (unpaired) electrons. The number of piperidine rings is 1. The number of ether oxygens (including phenoxy) is 1. The molecule has 1 aliphatic heterocycles. The van der Waals surface area contributed by atoms with Crippen LogP contribution in [0.5, 0.6) is 5.75 Å². The first-order valence-electron chi connectivity index (χ1n) is 9.39. The third-order valence-electron chi connectivity index (χ3n) is 4.96. The zero-order valence-electron chi connectivity index (χ0n) is 15.8. The fourth-order valence-corrected chi connectivity index (χ4v) is 3.52. The molecular weight excluding hydrogens is 324 g/mol. The van der Waals surface area contributed by atoms with E-state index in [-0.39, 0.29) is 5.91 Å². The molecule has 4 nitrogen and oxygen atoms in total. The van der Waals surface area contributed by atoms with Gasteiger partial charge in [-0.25, -0.2) is 0 Å². The highest BCUT2D eigenvalue weighted by Gasteiger charge is 2.11. The van der Waals surface area contributed by atoms with Gasteiger partial charge < -0.3 is 10.1 Å². The molecule has 0 atom stereocenters. The number of carbonyl (C=O) groups excluding carboxylic acids is 1. The fraction of sp³-hybridized carbons (Fsp3) is 0.409. The summed E-state index contributed by atoms with van der Waals surface area (Å²) in [6.45, 7) is 5.87. The molecule has 0 bridgehead atoms. The highest BCUT2D eigenvalue weighted by Crippen LogP contribution is 2.18. The first-order chi connectivity index (χ1) is 12.7. The molecule has 1 aliphatic rings. The summed E-state index contributed by atoms with van der Waals surface area (Å²) in [6, 6.07) is 14.0. The molecule has 0 unspecified atom stereocenters. The van der Waals surface area contributed by atoms with Crippen LogP contribution in [0.2, 0.25) is 0 Å². The van der Waals surface area contributed by atoms with Crippen LogP contribution in [0.15, 0.2) is 42.5 Å². The Kier molecular flexibility index (Phi) is 6.29. The van der Waals surface area contributed by atoms with E-state index in [0.29, 0.717) is 12.1 Å². The van der Waals surface area contributed by atoms with E-state index in [1.165, 1.54) is 37.9 Å². The van der Waals surface area contributed by atoms with E-state index in [2.05, 4.69) is 34.5 Å². The van der Waals surface area contributed by atoms with Crippen molar-refractivity contribution < 1.29 is 9.53 Å². The van der Waals surface area contributed by atoms with Crippen LogP contribution in [0.3, 0.4) is 0 Å². The number of hydrogen-bond acceptors (Lipinski definition) is 3. The second-order valence-corrected chi connectivity index (χ2v) is 7.02. The SMILES string of the molecule is COc1ccc(C(=O)NCc2cccc(CN3CCCCC3)c2)cc1C. The molecule has 1 saturated heterocycles. The van der Waals surface area contributed by atoms with Gasteiger partial charge in [0.15, 0.2) is 0 Å². The Bertz CT molecular complexity index is 752. The topological polar surface area (TPSA) is 41.6 Å². The number of likely N-dealkylation sites (tertiary alicyclic amines) is 1. The van der Waals surface area contributed by atoms with Crippen LogP contribution in [0.1, 0.15) is 46.3 Å². The van der Waals surface area contributed by atoms with Crippen LogP contribution in [0.25, 0.3) is 0 Å². The zero-order chi connectivity index (χ0) is 18.4. The molecule has 1 N–H and O–H groups in total. The van der Waals surface area contributed by atoms with Crippen molar-refractivity contribution in [3.8, 4) is 5.75 Å². The van der Waals surface area contributed by atoms with Gasteiger partial charge in [0.2, 0.25) is 0 Å². The molecule has 26 heavy (non-hydrogen) atoms. The average molecular weight is 352 g/mol. The van der Waals surface area contributed by atoms with Gasteiger partial charge in [-0.3, -0.25) is 9.69 Å². The summed E-state index contributed by atoms with van der Waals surface area (Å²) in [5.74, 6) is 0.740. The Morgan fingerprint density at radius 3 is 2.58 bits per heavy atom. The van der Waals surface area contributed by atoms with Gasteiger partial charge in [-0.05, 0) is 67.7 Å². The molecule has 1 amide bonds. The van der Waals surface area contributed by atoms with Crippen molar-refractivity contribution in [3.05, 3.63) is 64.7 Å². The third kappa shape index (κ3) is 4.85. The van der Waals surface area contributed by atoms with Crippen molar-refractivity contribution in [1.82, 2.24) is 10.2 Å². The number of benzene rings is 2. The monoisotopic (exact) mass is 352 g/mol. The van der Waals surface area contributed by atoms with Gasteiger partial charge in [-0.15, -0.1) is 0 Å². The molecule has 0 aromatic heterocycles. The van der Waals surface area contributed by atoms with Crippen molar-refractivity contribution in [2.75, 3.05) is 20.2 Å². The van der Waals surface area contributed by atoms with Gasteiger partial charge in [-0.1, -0.05) is 30.7 Å². The molecule has 1 fully saturated rings. The lowest BCUT2D eigenvalue weighted by atomic mass is 10.1. The van der Waals surface area contributed by atoms with Gasteiger partial charge in [0.05, 0.1) is 7.11 Å². The zero-order valence-corrected chi connectivity index (χ0v) is 15.8. The first-order valence-corrected chi connectivity index (χ1v) is 9.39. The molecular formula is C22H28N2O2. The minimum Gasteiger partial charge on any atom is -0.496 e. The summed E-state index contributed by atoms with van der Waals surface area (Å²) in [5.41, 5.74) is 4.08. The number of methoxy groups -OCH3 is 1. The Morgan fingerprint density at radius 1 is 1.08 bits per heavy atom. The Labute approximate surface area is 156 Å². The van der Waals surface area contributed by atoms with Gasteiger partial charge in [0.1, 0.15) is 5.75 Å². The number of rotatable bonds is 6. The van der Waals surface area contributed by atoms with Crippen molar-refractivity contribution in [2.24, 2.45) is 0 Å². The summed E-state index contributed by atoms with van der Waals surface area (Å²) in [7, 11) is 1.64. The van der Waals surface area contributed by atoms with E-state index in [9.17, 15) is 4.79 Å². The van der Waals surface area contributed by atoms with Crippen LogP contribution < -0.4 is 10.1 Å². The second kappa shape index (κ2) is 8.86. The second-order valence-electron chi connectivity index (χ2n) is 7.02. The molecule has 0 spiro atoms. The Balaban J connectivity index is 1.57. The number of nitrogens with zero attached hydrogens (tertiary/aromatic N) is 1. The quantitative estimate of drug-likeness (QED) is 0.857. The fourth-order valence-electron chi connectivity index (χ4n) is 3.52. The van der Waals surface area contributed by atoms with E-state index in [4.69, 9.17) is 4.74 Å². The average Bonchev–Trinajstić information content (AvgIpc) is 2.67. The number of aryl methyl sites for hydroxylation is 1. The Hall–Kier alpha value is -2.33. The number of nitrogens with one attached hydrogen (secondary N) is 1. The lowest BCUT2D eigenvalue weighted by molar-refractivity contribution is 0.0950. The number of amides is 1. The normalized spacial score (nSPS) is 14.8. The van der Waals surface area contributed by atoms with Crippen molar-refractivity contribution >= 4 is 5.91 Å². The van der Waals surface area contributed by atoms with E-state index >= 15 is 0 Å². The van der Waals surface area contributed by atoms with Gasteiger partial charge in [-0.2, -0.15) is 0 Å². The van der Waals surface area contributed by atoms with E-state index in [0.717, 1.165) is 23.4 Å². The van der Waals surface area contributed by atoms with Crippen LogP contribution in [-0.2, 0) is 13.1 Å². The first kappa shape index (κ1) is 18.5. The van der Waals surface area contributed by atoms with Crippen LogP contribution in [-0.4, -0.2) is 31.0 Å². The smallest absolute Gasteiger partial charge is 0.251 e. The maximum Gasteiger partial charge on any atom is 0.251 e. The van der Waals surface area contributed by atoms with E-state index in [1.54, 1.807) is 13.2 Å². The highest BCUT2D eigenvalue weighted by atomic mass is 16.5. The summed E-state index contributed by atoms with van der Waals surface area (Å²) in [4.78, 5) is 14.9. The predicted octanol–water partition coefficient (Wildman–Crippen LogP) is 3.92. The van der Waals surface area contributed by atoms with Crippen LogP contribution >= 0.6 is 0 Å². The maximum absolute atomic E-state index is 12.4. The maximum atomic E-state index is 12.4. The molecule has 138 valence electrons. The molecule has 2 aromatic rings. The van der Waals surface area contributed by atoms with Gasteiger partial charge in [0, 0.05) is 18.7 Å². The van der Waals surface area contributed by atoms with E-state index in [1.807, 2.05) is 19.1 Å². The summed E-state index contributed by atoms with van der Waals surface area (Å²) >= 11 is 0. The number of carbonyl (C=O) groups is 1. The standard InChI is InChI=1S/C22H28N2O2/c1-17-13-20(9-10-21(17)26-2)22(25)23-15-18-7-6-8-19(14-18)16-24-11-4-3-5-12-24/h6-10,13-14H,3-5,11-12,15-16H2,1-2H3,(H,23,25). The lowest BCUT2D eigenvalue weighted by Crippen LogP contribution is -2.29. The third-order valence-corrected chi connectivity index (χ3v) is 4.96. The van der Waals surface area contributed by atoms with Crippen molar-refractivity contribution in [3.63, 3.8) is 0 Å². The molecule has 1 heterocycles. The van der Waals surface area contributed by atoms with E-state index < -0.39 is 0 Å². The molecule has 4 heteroatoms. The summed E-state index contributed by atoms with van der Waals surface area (Å²) < 4.78 is 5.25. The molecule has 3 rings (SSSR count). The minimum atomic E-state index is -0.0582. The largest absolute Gasteiger partial charge is 0.496 e. The van der Waals surface area contributed by atoms with Crippen LogP contribution in [0.4, 0.5) is 0 Å². The van der Waals surface area contributed by atoms with Crippen molar-refractivity contribution in [2.45, 2.75) is 39.3 Å². The van der Waals surface area contributed by atoms with Gasteiger partial charge in [0.25, 0.3) is 5.91 Å². The number of hydrogen-bond donors (Lipinski definition) is 1. The molecule has 2 aromatic carbocycles. The predicted molar refractivity (Wildman–Crippen MR) is 104 cm³/mol. The summed E-state index contributed by atoms with van der Waals surface area (Å²) in [5, 5.41) is 3.02. The summed E-state index contributed by atoms with van der Waals surface area (Å²) in [6.07, 6.45) is 3.96. The minimum absolute atomic E-state index is 0.0582. The lowest BCUT2D eigenvalue weighted by Gasteiger charge is -2.26. The van der Waals surface area contributed by atoms with Crippen LogP contribution in [0, 0.1) is 6.92 Å². The Morgan fingerprint density at radius 2 is 1.85 bits per heavy atom. The highest BCUT2D eigenvalue weighted by molar-refractivity contribution is 5.94. The molecule has 0 saturated carbocycles. The van der Waals surface area contributed by atoms with Crippen molar-refractivity contribution in [1.29, 1.82) is 0 Å². The molecule has 0 aliphatic carbocycles. The van der Waals surface area contributed by atoms with Gasteiger partial charge >= 0.3 is 0 Å².